The van der Waals surface area contributed by atoms with Gasteiger partial charge in [-0.1, -0.05) is 12.1 Å². The van der Waals surface area contributed by atoms with Gasteiger partial charge in [0.15, 0.2) is 5.82 Å². The Morgan fingerprint density at radius 2 is 1.85 bits per heavy atom. The van der Waals surface area contributed by atoms with Crippen LogP contribution in [0.3, 0.4) is 0 Å². The minimum Gasteiger partial charge on any atom is -0.481 e. The fourth-order valence-corrected chi connectivity index (χ4v) is 6.39. The Balaban J connectivity index is 1.39. The van der Waals surface area contributed by atoms with Crippen LogP contribution < -0.4 is 4.90 Å². The number of aliphatic imine (C=N–C) groups is 1. The first-order chi connectivity index (χ1) is 18.9. The van der Waals surface area contributed by atoms with Crippen molar-refractivity contribution in [2.45, 2.75) is 72.1 Å². The van der Waals surface area contributed by atoms with Gasteiger partial charge in [-0.25, -0.2) is 4.79 Å². The van der Waals surface area contributed by atoms with Crippen molar-refractivity contribution < 1.29 is 24.2 Å². The predicted octanol–water partition coefficient (Wildman–Crippen LogP) is 4.56. The number of nitrogens with zero attached hydrogens (tertiary/aromatic N) is 5. The van der Waals surface area contributed by atoms with Crippen LogP contribution in [0, 0.1) is 20.8 Å². The van der Waals surface area contributed by atoms with Gasteiger partial charge in [-0.2, -0.15) is 0 Å². The Labute approximate surface area is 237 Å². The lowest BCUT2D eigenvalue weighted by molar-refractivity contribution is -0.161. The molecule has 4 heterocycles. The summed E-state index contributed by atoms with van der Waals surface area (Å²) in [6, 6.07) is 7.54. The Kier molecular flexibility index (Phi) is 7.54. The number of thiophene rings is 1. The van der Waals surface area contributed by atoms with Crippen LogP contribution >= 0.6 is 11.3 Å². The van der Waals surface area contributed by atoms with E-state index in [-0.39, 0.29) is 25.1 Å². The number of fused-ring (bicyclic) bond motifs is 3. The topological polar surface area (TPSA) is 119 Å². The Hall–Kier alpha value is -3.57. The maximum atomic E-state index is 12.0. The Bertz CT molecular complexity index is 1470. The van der Waals surface area contributed by atoms with Gasteiger partial charge in [-0.3, -0.25) is 14.4 Å². The number of ether oxygens (including phenoxy) is 2. The van der Waals surface area contributed by atoms with Gasteiger partial charge in [0.2, 0.25) is 0 Å². The number of hydrogen-bond donors (Lipinski definition) is 1. The number of carbonyl (C=O) groups is 2. The third kappa shape index (κ3) is 5.66. The predicted molar refractivity (Wildman–Crippen MR) is 153 cm³/mol. The normalized spacial score (nSPS) is 18.6. The van der Waals surface area contributed by atoms with Crippen LogP contribution in [0.4, 0.5) is 5.69 Å². The number of carbonyl (C=O) groups excluding carboxylic acids is 1. The van der Waals surface area contributed by atoms with Crippen molar-refractivity contribution in [3.63, 3.8) is 0 Å². The van der Waals surface area contributed by atoms with E-state index in [1.807, 2.05) is 44.4 Å². The van der Waals surface area contributed by atoms with E-state index in [4.69, 9.17) is 14.5 Å². The zero-order valence-corrected chi connectivity index (χ0v) is 24.5. The lowest BCUT2D eigenvalue weighted by Crippen LogP contribution is -2.29. The first-order valence-corrected chi connectivity index (χ1v) is 14.2. The van der Waals surface area contributed by atoms with Crippen molar-refractivity contribution in [3.05, 3.63) is 57.5 Å². The quantitative estimate of drug-likeness (QED) is 0.414. The minimum atomic E-state index is -0.939. The molecule has 40 heavy (non-hydrogen) atoms. The molecule has 0 bridgehead atoms. The molecule has 11 heteroatoms. The molecule has 10 nitrogen and oxygen atoms in total. The first-order valence-electron chi connectivity index (χ1n) is 13.4. The number of carboxylic acid groups (broad SMARTS) is 1. The van der Waals surface area contributed by atoms with Gasteiger partial charge in [0, 0.05) is 34.8 Å². The number of rotatable bonds is 7. The summed E-state index contributed by atoms with van der Waals surface area (Å²) in [6.45, 7) is 13.0. The first kappa shape index (κ1) is 28.0. The minimum absolute atomic E-state index is 0.0478. The highest BCUT2D eigenvalue weighted by molar-refractivity contribution is 7.15. The largest absolute Gasteiger partial charge is 0.481 e. The van der Waals surface area contributed by atoms with Gasteiger partial charge in [0.1, 0.15) is 29.1 Å². The van der Waals surface area contributed by atoms with Crippen molar-refractivity contribution in [2.75, 3.05) is 24.6 Å². The number of carboxylic acids is 1. The van der Waals surface area contributed by atoms with Crippen LogP contribution in [-0.2, 0) is 19.1 Å². The summed E-state index contributed by atoms with van der Waals surface area (Å²) in [5.41, 5.74) is 4.30. The van der Waals surface area contributed by atoms with Crippen molar-refractivity contribution in [2.24, 2.45) is 4.99 Å². The van der Waals surface area contributed by atoms with Gasteiger partial charge in [-0.15, -0.1) is 21.5 Å². The highest BCUT2D eigenvalue weighted by Crippen LogP contribution is 2.39. The van der Waals surface area contributed by atoms with Crippen LogP contribution in [0.5, 0.6) is 0 Å². The van der Waals surface area contributed by atoms with Crippen LogP contribution in [0.15, 0.2) is 29.3 Å². The number of hydrogen-bond acceptors (Lipinski definition) is 9. The maximum absolute atomic E-state index is 12.0. The standard InChI is InChI=1S/C29H35N5O5S/c1-16-17(2)40-28-25(16)26(30-22(13-23(35)36)27-32-31-18(3)34(27)28)19-7-9-20(10-8-19)33-12-11-21(14-33)38-15-24(37)39-29(4,5)6/h7-10,21-22H,11-15H2,1-6H3,(H,35,36)/t21?,22-/m0/s1. The van der Waals surface area contributed by atoms with Crippen LogP contribution in [0.25, 0.3) is 5.00 Å². The van der Waals surface area contributed by atoms with Gasteiger partial charge in [0.05, 0.1) is 18.2 Å². The molecule has 212 valence electrons. The zero-order valence-electron chi connectivity index (χ0n) is 23.7. The van der Waals surface area contributed by atoms with E-state index in [0.29, 0.717) is 18.2 Å². The average Bonchev–Trinajstić information content (AvgIpc) is 3.55. The summed E-state index contributed by atoms with van der Waals surface area (Å²) in [6.07, 6.45) is 0.600. The van der Waals surface area contributed by atoms with Crippen molar-refractivity contribution in [1.29, 1.82) is 0 Å². The van der Waals surface area contributed by atoms with E-state index in [2.05, 4.69) is 41.1 Å². The van der Waals surface area contributed by atoms with E-state index in [1.165, 1.54) is 4.88 Å². The summed E-state index contributed by atoms with van der Waals surface area (Å²) >= 11 is 1.64. The van der Waals surface area contributed by atoms with Crippen LogP contribution in [0.1, 0.15) is 72.9 Å². The molecule has 5 rings (SSSR count). The Morgan fingerprint density at radius 3 is 2.52 bits per heavy atom. The molecule has 2 aliphatic heterocycles. The molecule has 0 spiro atoms. The molecule has 2 aliphatic rings. The molecule has 1 fully saturated rings. The fourth-order valence-electron chi connectivity index (χ4n) is 5.18. The summed E-state index contributed by atoms with van der Waals surface area (Å²) in [5.74, 6) is -0.0427. The smallest absolute Gasteiger partial charge is 0.332 e. The van der Waals surface area contributed by atoms with E-state index in [9.17, 15) is 14.7 Å². The molecule has 1 saturated heterocycles. The summed E-state index contributed by atoms with van der Waals surface area (Å²) in [7, 11) is 0. The van der Waals surface area contributed by atoms with Gasteiger partial charge in [0.25, 0.3) is 0 Å². The van der Waals surface area contributed by atoms with Gasteiger partial charge < -0.3 is 19.5 Å². The summed E-state index contributed by atoms with van der Waals surface area (Å²) in [4.78, 5) is 32.2. The third-order valence-electron chi connectivity index (χ3n) is 7.12. The van der Waals surface area contributed by atoms with Crippen LogP contribution in [-0.4, -0.2) is 68.9 Å². The fraction of sp³-hybridized carbons (Fsp3) is 0.483. The molecule has 1 N–H and O–H groups in total. The molecule has 0 amide bonds. The molecule has 0 saturated carbocycles. The molecule has 2 atom stereocenters. The number of esters is 1. The summed E-state index contributed by atoms with van der Waals surface area (Å²) < 4.78 is 13.1. The number of aryl methyl sites for hydroxylation is 2. The molecular formula is C29H35N5O5S. The van der Waals surface area contributed by atoms with E-state index in [0.717, 1.165) is 46.1 Å². The molecule has 2 aromatic heterocycles. The highest BCUT2D eigenvalue weighted by atomic mass is 32.1. The third-order valence-corrected chi connectivity index (χ3v) is 8.31. The zero-order chi connectivity index (χ0) is 28.8. The van der Waals surface area contributed by atoms with Crippen molar-refractivity contribution in [1.82, 2.24) is 14.8 Å². The van der Waals surface area contributed by atoms with E-state index in [1.54, 1.807) is 11.3 Å². The van der Waals surface area contributed by atoms with Gasteiger partial charge >= 0.3 is 11.9 Å². The molecule has 1 unspecified atom stereocenters. The molecule has 3 aromatic rings. The second-order valence-corrected chi connectivity index (χ2v) is 12.5. The Morgan fingerprint density at radius 1 is 1.12 bits per heavy atom. The molecular weight excluding hydrogens is 530 g/mol. The second-order valence-electron chi connectivity index (χ2n) is 11.3. The lowest BCUT2D eigenvalue weighted by atomic mass is 9.99. The number of benzene rings is 1. The monoisotopic (exact) mass is 565 g/mol. The maximum Gasteiger partial charge on any atom is 0.332 e. The highest BCUT2D eigenvalue weighted by Gasteiger charge is 2.32. The van der Waals surface area contributed by atoms with E-state index >= 15 is 0 Å². The van der Waals surface area contributed by atoms with Gasteiger partial charge in [-0.05, 0) is 65.7 Å². The lowest BCUT2D eigenvalue weighted by Gasteiger charge is -2.21. The molecule has 0 aliphatic carbocycles. The molecule has 1 aromatic carbocycles. The SMILES string of the molecule is Cc1sc2c(c1C)C(c1ccc(N3CCC(OCC(=O)OC(C)(C)C)C3)cc1)=N[C@@H](CC(=O)O)c1nnc(C)n1-2. The summed E-state index contributed by atoms with van der Waals surface area (Å²) in [5, 5.41) is 19.2. The van der Waals surface area contributed by atoms with Crippen molar-refractivity contribution in [3.8, 4) is 5.00 Å². The van der Waals surface area contributed by atoms with E-state index < -0.39 is 17.6 Å². The average molecular weight is 566 g/mol. The van der Waals surface area contributed by atoms with Crippen LogP contribution in [0.2, 0.25) is 0 Å². The molecule has 0 radical (unpaired) electrons. The van der Waals surface area contributed by atoms with Crippen molar-refractivity contribution >= 4 is 34.7 Å². The number of aliphatic carboxylic acids is 1. The number of anilines is 1. The number of aromatic nitrogens is 3. The second kappa shape index (κ2) is 10.8.